The van der Waals surface area contributed by atoms with Crippen LogP contribution in [0.5, 0.6) is 0 Å². The summed E-state index contributed by atoms with van der Waals surface area (Å²) in [6.45, 7) is 1.97. The number of carbonyl (C=O) groups is 1. The van der Waals surface area contributed by atoms with Crippen molar-refractivity contribution in [3.05, 3.63) is 52.8 Å². The fraction of sp³-hybridized carbons (Fsp3) is 0.222. The minimum Gasteiger partial charge on any atom is -0.450 e. The first-order valence-electron chi connectivity index (χ1n) is 7.68. The van der Waals surface area contributed by atoms with Crippen molar-refractivity contribution >= 4 is 35.3 Å². The van der Waals surface area contributed by atoms with Crippen molar-refractivity contribution in [3.63, 3.8) is 0 Å². The Morgan fingerprint density at radius 3 is 2.60 bits per heavy atom. The molecule has 1 aliphatic rings. The maximum Gasteiger partial charge on any atom is 0.264 e. The van der Waals surface area contributed by atoms with E-state index >= 15 is 0 Å². The van der Waals surface area contributed by atoms with Gasteiger partial charge in [0.1, 0.15) is 17.4 Å². The number of carbonyl (C=O) groups excluding carboxylic acids is 1. The molecule has 3 rings (SSSR count). The first-order chi connectivity index (χ1) is 12.2. The van der Waals surface area contributed by atoms with Crippen LogP contribution in [0.1, 0.15) is 5.76 Å². The van der Waals surface area contributed by atoms with E-state index in [0.717, 1.165) is 4.90 Å². The van der Waals surface area contributed by atoms with Crippen LogP contribution in [0.15, 0.2) is 56.4 Å². The number of nitriles is 1. The van der Waals surface area contributed by atoms with Crippen LogP contribution >= 0.6 is 23.4 Å². The van der Waals surface area contributed by atoms with Crippen LogP contribution in [0.3, 0.4) is 0 Å². The Balaban J connectivity index is 1.71. The zero-order valence-corrected chi connectivity index (χ0v) is 14.8. The van der Waals surface area contributed by atoms with Crippen LogP contribution < -0.4 is 0 Å². The molecule has 1 saturated heterocycles. The maximum atomic E-state index is 12.4. The predicted molar refractivity (Wildman–Crippen MR) is 95.3 cm³/mol. The highest BCUT2D eigenvalue weighted by Crippen LogP contribution is 2.30. The van der Waals surface area contributed by atoms with Gasteiger partial charge in [-0.15, -0.1) is 0 Å². The van der Waals surface area contributed by atoms with Crippen molar-refractivity contribution in [2.75, 3.05) is 26.3 Å². The maximum absolute atomic E-state index is 12.4. The quantitative estimate of drug-likeness (QED) is 0.600. The normalized spacial score (nSPS) is 15.0. The third-order valence-electron chi connectivity index (χ3n) is 3.57. The van der Waals surface area contributed by atoms with Gasteiger partial charge in [0.25, 0.3) is 5.91 Å². The molecule has 1 amide bonds. The Bertz CT molecular complexity index is 818. The van der Waals surface area contributed by atoms with Crippen molar-refractivity contribution in [2.24, 2.45) is 0 Å². The Labute approximate surface area is 154 Å². The van der Waals surface area contributed by atoms with Gasteiger partial charge in [-0.2, -0.15) is 5.26 Å². The molecule has 0 atom stereocenters. The summed E-state index contributed by atoms with van der Waals surface area (Å²) in [5.41, 5.74) is 0.0549. The molecule has 0 spiro atoms. The molecule has 1 fully saturated rings. The van der Waals surface area contributed by atoms with Gasteiger partial charge in [0, 0.05) is 29.1 Å². The minimum absolute atomic E-state index is 0.0549. The summed E-state index contributed by atoms with van der Waals surface area (Å²) in [6.07, 6.45) is 1.48. The molecule has 7 heteroatoms. The Morgan fingerprint density at radius 2 is 1.92 bits per heavy atom. The number of furan rings is 1. The Kier molecular flexibility index (Phi) is 5.82. The van der Waals surface area contributed by atoms with Crippen LogP contribution in [-0.4, -0.2) is 37.1 Å². The molecule has 0 unspecified atom stereocenters. The molecule has 5 nitrogen and oxygen atoms in total. The summed E-state index contributed by atoms with van der Waals surface area (Å²) in [6, 6.07) is 12.9. The van der Waals surface area contributed by atoms with E-state index in [1.807, 2.05) is 30.3 Å². The third-order valence-corrected chi connectivity index (χ3v) is 4.75. The van der Waals surface area contributed by atoms with Gasteiger partial charge in [0.15, 0.2) is 5.09 Å². The highest BCUT2D eigenvalue weighted by molar-refractivity contribution is 7.99. The zero-order valence-electron chi connectivity index (χ0n) is 13.3. The lowest BCUT2D eigenvalue weighted by atomic mass is 10.2. The Hall–Kier alpha value is -2.20. The fourth-order valence-electron chi connectivity index (χ4n) is 2.31. The topological polar surface area (TPSA) is 66.5 Å². The van der Waals surface area contributed by atoms with Crippen LogP contribution in [0.2, 0.25) is 5.02 Å². The second-order valence-corrected chi connectivity index (χ2v) is 6.80. The Morgan fingerprint density at radius 1 is 1.20 bits per heavy atom. The lowest BCUT2D eigenvalue weighted by Gasteiger charge is -2.26. The first kappa shape index (κ1) is 17.6. The van der Waals surface area contributed by atoms with E-state index in [2.05, 4.69) is 0 Å². The van der Waals surface area contributed by atoms with Crippen LogP contribution in [0, 0.1) is 11.3 Å². The molecule has 128 valence electrons. The minimum atomic E-state index is -0.297. The van der Waals surface area contributed by atoms with E-state index in [9.17, 15) is 10.1 Å². The van der Waals surface area contributed by atoms with Crippen molar-refractivity contribution in [3.8, 4) is 6.07 Å². The molecular weight excluding hydrogens is 360 g/mol. The van der Waals surface area contributed by atoms with Crippen LogP contribution in [0.4, 0.5) is 0 Å². The molecule has 1 aromatic heterocycles. The number of halogens is 1. The highest BCUT2D eigenvalue weighted by atomic mass is 35.5. The van der Waals surface area contributed by atoms with E-state index in [-0.39, 0.29) is 11.5 Å². The average molecular weight is 375 g/mol. The van der Waals surface area contributed by atoms with E-state index < -0.39 is 0 Å². The van der Waals surface area contributed by atoms with Crippen molar-refractivity contribution in [2.45, 2.75) is 9.99 Å². The molecule has 0 aliphatic carbocycles. The summed E-state index contributed by atoms with van der Waals surface area (Å²) in [5, 5.41) is 10.6. The molecule has 2 aromatic rings. The number of hydrogen-bond donors (Lipinski definition) is 0. The van der Waals surface area contributed by atoms with Crippen LogP contribution in [-0.2, 0) is 9.53 Å². The van der Waals surface area contributed by atoms with Gasteiger partial charge in [-0.3, -0.25) is 4.79 Å². The summed E-state index contributed by atoms with van der Waals surface area (Å²) in [5.74, 6) is 0.170. The van der Waals surface area contributed by atoms with Gasteiger partial charge >= 0.3 is 0 Å². The van der Waals surface area contributed by atoms with Crippen molar-refractivity contribution in [1.82, 2.24) is 4.90 Å². The fourth-order valence-corrected chi connectivity index (χ4v) is 3.21. The zero-order chi connectivity index (χ0) is 17.6. The van der Waals surface area contributed by atoms with Gasteiger partial charge < -0.3 is 14.1 Å². The van der Waals surface area contributed by atoms with Gasteiger partial charge in [0.2, 0.25) is 0 Å². The van der Waals surface area contributed by atoms with Gasteiger partial charge in [-0.05, 0) is 36.4 Å². The number of hydrogen-bond acceptors (Lipinski definition) is 5. The van der Waals surface area contributed by atoms with Gasteiger partial charge in [0.05, 0.1) is 13.2 Å². The molecule has 25 heavy (non-hydrogen) atoms. The predicted octanol–water partition coefficient (Wildman–Crippen LogP) is 3.85. The molecule has 2 heterocycles. The number of morpholine rings is 1. The lowest BCUT2D eigenvalue weighted by Crippen LogP contribution is -2.41. The SMILES string of the molecule is N#C/C(=C/c1ccc(Sc2ccc(Cl)cc2)o1)C(=O)N1CCOCC1. The molecular formula is C18H15ClN2O3S. The van der Waals surface area contributed by atoms with E-state index in [1.165, 1.54) is 17.8 Å². The van der Waals surface area contributed by atoms with Crippen molar-refractivity contribution in [1.29, 1.82) is 5.26 Å². The van der Waals surface area contributed by atoms with Gasteiger partial charge in [-0.25, -0.2) is 0 Å². The van der Waals surface area contributed by atoms with Gasteiger partial charge in [-0.1, -0.05) is 23.4 Å². The van der Waals surface area contributed by atoms with Crippen LogP contribution in [0.25, 0.3) is 6.08 Å². The molecule has 0 N–H and O–H groups in total. The summed E-state index contributed by atoms with van der Waals surface area (Å²) < 4.78 is 10.9. The number of ether oxygens (including phenoxy) is 1. The molecule has 0 saturated carbocycles. The molecule has 1 aliphatic heterocycles. The molecule has 0 radical (unpaired) electrons. The summed E-state index contributed by atoms with van der Waals surface area (Å²) in [7, 11) is 0. The molecule has 1 aromatic carbocycles. The smallest absolute Gasteiger partial charge is 0.264 e. The van der Waals surface area contributed by atoms with Crippen molar-refractivity contribution < 1.29 is 13.9 Å². The highest BCUT2D eigenvalue weighted by Gasteiger charge is 2.21. The third kappa shape index (κ3) is 4.67. The average Bonchev–Trinajstić information content (AvgIpc) is 3.09. The number of nitrogens with zero attached hydrogens (tertiary/aromatic N) is 2. The van der Waals surface area contributed by atoms with E-state index in [4.69, 9.17) is 20.8 Å². The second kappa shape index (κ2) is 8.26. The van der Waals surface area contributed by atoms with E-state index in [1.54, 1.807) is 17.0 Å². The largest absolute Gasteiger partial charge is 0.450 e. The lowest BCUT2D eigenvalue weighted by molar-refractivity contribution is -0.130. The number of benzene rings is 1. The number of amides is 1. The summed E-state index contributed by atoms with van der Waals surface area (Å²) >= 11 is 7.31. The molecule has 0 bridgehead atoms. The number of rotatable bonds is 4. The van der Waals surface area contributed by atoms with E-state index in [0.29, 0.717) is 42.2 Å². The summed E-state index contributed by atoms with van der Waals surface area (Å²) in [4.78, 5) is 15.0. The monoisotopic (exact) mass is 374 g/mol. The standard InChI is InChI=1S/C18H15ClN2O3S/c19-14-1-4-16(5-2-14)25-17-6-3-15(24-17)11-13(12-20)18(22)21-7-9-23-10-8-21/h1-6,11H,7-10H2/b13-11-. The first-order valence-corrected chi connectivity index (χ1v) is 8.87. The second-order valence-electron chi connectivity index (χ2n) is 5.29.